The molecule has 0 radical (unpaired) electrons. The van der Waals surface area contributed by atoms with Crippen LogP contribution >= 0.6 is 12.4 Å². The van der Waals surface area contributed by atoms with E-state index in [1.54, 1.807) is 0 Å². The zero-order valence-electron chi connectivity index (χ0n) is 8.46. The van der Waals surface area contributed by atoms with Crippen LogP contribution in [0.4, 0.5) is 0 Å². The first-order chi connectivity index (χ1) is 5.77. The topological polar surface area (TPSA) is 29.3 Å². The van der Waals surface area contributed by atoms with Gasteiger partial charge in [0, 0.05) is 12.6 Å². The highest BCUT2D eigenvalue weighted by Crippen LogP contribution is 2.44. The molecular formula is C10H21ClN2. The summed E-state index contributed by atoms with van der Waals surface area (Å²) in [4.78, 5) is 2.55. The molecule has 0 aromatic heterocycles. The van der Waals surface area contributed by atoms with E-state index in [0.717, 1.165) is 0 Å². The number of rotatable bonds is 1. The van der Waals surface area contributed by atoms with Crippen molar-refractivity contribution in [1.29, 1.82) is 0 Å². The van der Waals surface area contributed by atoms with Gasteiger partial charge in [0.1, 0.15) is 0 Å². The first-order valence-corrected chi connectivity index (χ1v) is 5.25. The lowest BCUT2D eigenvalue weighted by molar-refractivity contribution is 0.244. The minimum Gasteiger partial charge on any atom is -0.327 e. The molecule has 2 N–H and O–H groups in total. The van der Waals surface area contributed by atoms with Gasteiger partial charge in [0.15, 0.2) is 0 Å². The third-order valence-corrected chi connectivity index (χ3v) is 3.89. The van der Waals surface area contributed by atoms with Gasteiger partial charge >= 0.3 is 0 Å². The number of hydrogen-bond donors (Lipinski definition) is 1. The van der Waals surface area contributed by atoms with E-state index in [9.17, 15) is 0 Å². The van der Waals surface area contributed by atoms with Gasteiger partial charge in [-0.05, 0) is 37.8 Å². The van der Waals surface area contributed by atoms with Crippen molar-refractivity contribution in [2.24, 2.45) is 11.1 Å². The van der Waals surface area contributed by atoms with Crippen LogP contribution < -0.4 is 5.73 Å². The molecule has 0 bridgehead atoms. The largest absolute Gasteiger partial charge is 0.327 e. The average Bonchev–Trinajstić information content (AvgIpc) is 2.63. The maximum atomic E-state index is 6.17. The van der Waals surface area contributed by atoms with E-state index >= 15 is 0 Å². The molecule has 2 unspecified atom stereocenters. The average molecular weight is 205 g/mol. The summed E-state index contributed by atoms with van der Waals surface area (Å²) >= 11 is 0. The second-order valence-electron chi connectivity index (χ2n) is 4.48. The molecule has 0 aromatic rings. The van der Waals surface area contributed by atoms with Crippen LogP contribution in [-0.2, 0) is 0 Å². The van der Waals surface area contributed by atoms with Crippen LogP contribution in [0.5, 0.6) is 0 Å². The van der Waals surface area contributed by atoms with Crippen LogP contribution in [0.3, 0.4) is 0 Å². The normalized spacial score (nSPS) is 39.7. The van der Waals surface area contributed by atoms with Crippen LogP contribution in [-0.4, -0.2) is 30.6 Å². The van der Waals surface area contributed by atoms with Gasteiger partial charge in [0.25, 0.3) is 0 Å². The predicted molar refractivity (Wildman–Crippen MR) is 58.2 cm³/mol. The fraction of sp³-hybridized carbons (Fsp3) is 1.00. The molecule has 2 aliphatic rings. The summed E-state index contributed by atoms with van der Waals surface area (Å²) in [5.41, 5.74) is 6.69. The summed E-state index contributed by atoms with van der Waals surface area (Å²) in [6, 6.07) is 0.494. The van der Waals surface area contributed by atoms with E-state index in [0.29, 0.717) is 11.5 Å². The van der Waals surface area contributed by atoms with Crippen molar-refractivity contribution < 1.29 is 0 Å². The lowest BCUT2D eigenvalue weighted by Gasteiger charge is -2.28. The van der Waals surface area contributed by atoms with Crippen LogP contribution in [0.15, 0.2) is 0 Å². The van der Waals surface area contributed by atoms with Gasteiger partial charge in [0.2, 0.25) is 0 Å². The fourth-order valence-electron chi connectivity index (χ4n) is 2.93. The summed E-state index contributed by atoms with van der Waals surface area (Å²) in [6.45, 7) is 6.00. The molecular weight excluding hydrogens is 184 g/mol. The molecule has 2 fully saturated rings. The maximum absolute atomic E-state index is 6.17. The summed E-state index contributed by atoms with van der Waals surface area (Å²) in [5, 5.41) is 0. The third kappa shape index (κ3) is 1.85. The first kappa shape index (κ1) is 11.3. The number of nitrogens with two attached hydrogens (primary N) is 1. The van der Waals surface area contributed by atoms with Crippen molar-refractivity contribution in [3.63, 3.8) is 0 Å². The van der Waals surface area contributed by atoms with Crippen molar-refractivity contribution in [3.05, 3.63) is 0 Å². The van der Waals surface area contributed by atoms with Gasteiger partial charge in [-0.2, -0.15) is 0 Å². The minimum absolute atomic E-state index is 0. The summed E-state index contributed by atoms with van der Waals surface area (Å²) < 4.78 is 0. The Hall–Kier alpha value is 0.210. The Morgan fingerprint density at radius 2 is 2.23 bits per heavy atom. The molecule has 3 heteroatoms. The molecule has 0 aromatic carbocycles. The summed E-state index contributed by atoms with van der Waals surface area (Å²) in [7, 11) is 0. The molecule has 0 amide bonds. The Balaban J connectivity index is 0.000000845. The second kappa shape index (κ2) is 4.16. The molecule has 1 aliphatic carbocycles. The number of nitrogens with zero attached hydrogens (tertiary/aromatic N) is 1. The van der Waals surface area contributed by atoms with Crippen molar-refractivity contribution >= 4 is 12.4 Å². The van der Waals surface area contributed by atoms with Gasteiger partial charge in [0.05, 0.1) is 0 Å². The second-order valence-corrected chi connectivity index (χ2v) is 4.48. The van der Waals surface area contributed by atoms with Gasteiger partial charge < -0.3 is 10.6 Å². The molecule has 2 nitrogen and oxygen atoms in total. The Bertz CT molecular complexity index is 174. The fourth-order valence-corrected chi connectivity index (χ4v) is 2.93. The number of hydrogen-bond acceptors (Lipinski definition) is 2. The van der Waals surface area contributed by atoms with E-state index < -0.39 is 0 Å². The van der Waals surface area contributed by atoms with E-state index in [2.05, 4.69) is 11.8 Å². The van der Waals surface area contributed by atoms with Crippen LogP contribution in [0.1, 0.15) is 32.6 Å². The summed E-state index contributed by atoms with van der Waals surface area (Å²) in [6.07, 6.45) is 5.35. The van der Waals surface area contributed by atoms with Crippen LogP contribution in [0.2, 0.25) is 0 Å². The molecule has 78 valence electrons. The Labute approximate surface area is 87.3 Å². The zero-order valence-corrected chi connectivity index (χ0v) is 9.28. The zero-order chi connectivity index (χ0) is 8.60. The Morgan fingerprint density at radius 1 is 1.46 bits per heavy atom. The lowest BCUT2D eigenvalue weighted by Crippen LogP contribution is -2.39. The highest BCUT2D eigenvalue weighted by molar-refractivity contribution is 5.85. The van der Waals surface area contributed by atoms with E-state index in [1.807, 2.05) is 0 Å². The van der Waals surface area contributed by atoms with Crippen molar-refractivity contribution in [2.45, 2.75) is 38.6 Å². The predicted octanol–water partition coefficient (Wildman–Crippen LogP) is 1.63. The molecule has 1 saturated carbocycles. The Kier molecular flexibility index (Phi) is 3.61. The lowest BCUT2D eigenvalue weighted by atomic mass is 9.82. The molecule has 1 heterocycles. The van der Waals surface area contributed by atoms with Crippen LogP contribution in [0.25, 0.3) is 0 Å². The van der Waals surface area contributed by atoms with Gasteiger partial charge in [-0.15, -0.1) is 12.4 Å². The van der Waals surface area contributed by atoms with Crippen LogP contribution in [0, 0.1) is 5.41 Å². The molecule has 1 spiro atoms. The van der Waals surface area contributed by atoms with Gasteiger partial charge in [-0.1, -0.05) is 13.3 Å². The summed E-state index contributed by atoms with van der Waals surface area (Å²) in [5.74, 6) is 0. The molecule has 2 rings (SSSR count). The molecule has 13 heavy (non-hydrogen) atoms. The van der Waals surface area contributed by atoms with E-state index in [-0.39, 0.29) is 12.4 Å². The highest BCUT2D eigenvalue weighted by atomic mass is 35.5. The molecule has 1 aliphatic heterocycles. The molecule has 2 atom stereocenters. The van der Waals surface area contributed by atoms with Gasteiger partial charge in [-0.3, -0.25) is 0 Å². The smallest absolute Gasteiger partial charge is 0.0108 e. The number of halogens is 1. The van der Waals surface area contributed by atoms with Gasteiger partial charge in [-0.25, -0.2) is 0 Å². The van der Waals surface area contributed by atoms with Crippen molar-refractivity contribution in [3.8, 4) is 0 Å². The third-order valence-electron chi connectivity index (χ3n) is 3.89. The van der Waals surface area contributed by atoms with Crippen molar-refractivity contribution in [1.82, 2.24) is 4.90 Å². The van der Waals surface area contributed by atoms with Crippen molar-refractivity contribution in [2.75, 3.05) is 19.6 Å². The first-order valence-electron chi connectivity index (χ1n) is 5.25. The van der Waals surface area contributed by atoms with E-state index in [4.69, 9.17) is 5.73 Å². The SMILES string of the molecule is CCN1CCC2(CCCC2N)C1.Cl. The maximum Gasteiger partial charge on any atom is 0.0108 e. The Morgan fingerprint density at radius 3 is 2.69 bits per heavy atom. The standard InChI is InChI=1S/C10H20N2.ClH/c1-2-12-7-6-10(8-12)5-3-4-9(10)11;/h9H,2-8,11H2,1H3;1H. The van der Waals surface area contributed by atoms with E-state index in [1.165, 1.54) is 45.3 Å². The number of likely N-dealkylation sites (tertiary alicyclic amines) is 1. The monoisotopic (exact) mass is 204 g/mol. The quantitative estimate of drug-likeness (QED) is 0.704. The highest BCUT2D eigenvalue weighted by Gasteiger charge is 2.44. The molecule has 1 saturated heterocycles. The minimum atomic E-state index is 0.